The molecule has 3 heterocycles. The average molecular weight is 633 g/mol. The maximum absolute atomic E-state index is 13.6. The molecule has 0 saturated carbocycles. The molecule has 4 heteroatoms. The Hall–Kier alpha value is -5.97. The normalized spacial score (nSPS) is 11.9. The highest BCUT2D eigenvalue weighted by Gasteiger charge is 2.22. The Kier molecular flexibility index (Phi) is 5.81. The molecule has 0 aliphatic rings. The molecule has 0 fully saturated rings. The zero-order valence-corrected chi connectivity index (χ0v) is 27.0. The van der Waals surface area contributed by atoms with Crippen molar-refractivity contribution in [1.29, 1.82) is 0 Å². The lowest BCUT2D eigenvalue weighted by molar-refractivity contribution is 1.14. The zero-order valence-electron chi connectivity index (χ0n) is 26.1. The van der Waals surface area contributed by atoms with E-state index >= 15 is 0 Å². The predicted molar refractivity (Wildman–Crippen MR) is 204 cm³/mol. The number of aromatic nitrogens is 2. The van der Waals surface area contributed by atoms with E-state index in [0.717, 1.165) is 42.7 Å². The molecule has 0 amide bonds. The van der Waals surface area contributed by atoms with Gasteiger partial charge in [-0.15, -0.1) is 11.3 Å². The average Bonchev–Trinajstić information content (AvgIpc) is 3.66. The van der Waals surface area contributed by atoms with Crippen LogP contribution in [0.1, 0.15) is 5.56 Å². The minimum Gasteiger partial charge on any atom is -0.307 e. The minimum absolute atomic E-state index is 0.0894. The van der Waals surface area contributed by atoms with Gasteiger partial charge in [-0.3, -0.25) is 4.79 Å². The molecule has 3 aromatic heterocycles. The van der Waals surface area contributed by atoms with Crippen molar-refractivity contribution in [1.82, 2.24) is 9.13 Å². The lowest BCUT2D eigenvalue weighted by atomic mass is 10.0. The summed E-state index contributed by atoms with van der Waals surface area (Å²) in [5, 5.41) is 6.46. The molecule has 0 N–H and O–H groups in total. The maximum Gasteiger partial charge on any atom is 0.195 e. The molecule has 48 heavy (non-hydrogen) atoms. The van der Waals surface area contributed by atoms with Gasteiger partial charge in [0.15, 0.2) is 5.43 Å². The third-order valence-corrected chi connectivity index (χ3v) is 11.0. The van der Waals surface area contributed by atoms with Crippen molar-refractivity contribution in [2.24, 2.45) is 0 Å². The number of benzene rings is 7. The van der Waals surface area contributed by atoms with Gasteiger partial charge in [-0.25, -0.2) is 0 Å². The zero-order chi connectivity index (χ0) is 31.9. The van der Waals surface area contributed by atoms with Crippen LogP contribution in [0.4, 0.5) is 0 Å². The van der Waals surface area contributed by atoms with Gasteiger partial charge in [0, 0.05) is 53.1 Å². The summed E-state index contributed by atoms with van der Waals surface area (Å²) in [6, 6.07) is 53.6. The molecule has 7 aromatic carbocycles. The molecular formula is C44H28N2OS. The Morgan fingerprint density at radius 1 is 0.438 bits per heavy atom. The molecule has 226 valence electrons. The number of fused-ring (bicyclic) bond motifs is 9. The van der Waals surface area contributed by atoms with Crippen LogP contribution in [0, 0.1) is 6.92 Å². The summed E-state index contributed by atoms with van der Waals surface area (Å²) < 4.78 is 6.91. The van der Waals surface area contributed by atoms with E-state index in [2.05, 4.69) is 143 Å². The number of rotatable bonds is 3. The molecule has 0 aliphatic carbocycles. The number of hydrogen-bond acceptors (Lipinski definition) is 2. The van der Waals surface area contributed by atoms with E-state index in [1.807, 2.05) is 24.3 Å². The fourth-order valence-electron chi connectivity index (χ4n) is 7.68. The van der Waals surface area contributed by atoms with Crippen LogP contribution in [-0.4, -0.2) is 9.13 Å². The third kappa shape index (κ3) is 3.84. The highest BCUT2D eigenvalue weighted by molar-refractivity contribution is 7.24. The van der Waals surface area contributed by atoms with E-state index in [1.165, 1.54) is 49.2 Å². The Labute approximate surface area is 280 Å². The van der Waals surface area contributed by atoms with Gasteiger partial charge in [0.05, 0.1) is 22.1 Å². The first kappa shape index (κ1) is 27.2. The molecule has 0 aliphatic heterocycles. The first-order chi connectivity index (χ1) is 23.7. The van der Waals surface area contributed by atoms with Crippen LogP contribution in [0.25, 0.3) is 86.3 Å². The number of aryl methyl sites for hydroxylation is 1. The van der Waals surface area contributed by atoms with E-state index in [4.69, 9.17) is 0 Å². The Bertz CT molecular complexity index is 2980. The predicted octanol–water partition coefficient (Wildman–Crippen LogP) is 11.6. The molecule has 0 spiro atoms. The molecule has 10 aromatic rings. The van der Waals surface area contributed by atoms with Crippen molar-refractivity contribution in [2.75, 3.05) is 0 Å². The first-order valence-electron chi connectivity index (χ1n) is 16.2. The summed E-state index contributed by atoms with van der Waals surface area (Å²) in [5.41, 5.74) is 10.4. The van der Waals surface area contributed by atoms with Crippen molar-refractivity contribution in [3.8, 4) is 22.5 Å². The van der Waals surface area contributed by atoms with E-state index < -0.39 is 0 Å². The van der Waals surface area contributed by atoms with Gasteiger partial charge in [-0.1, -0.05) is 97.1 Å². The summed E-state index contributed by atoms with van der Waals surface area (Å²) in [7, 11) is 0. The van der Waals surface area contributed by atoms with Gasteiger partial charge in [-0.05, 0) is 78.2 Å². The first-order valence-corrected chi connectivity index (χ1v) is 17.0. The Morgan fingerprint density at radius 2 is 1.06 bits per heavy atom. The van der Waals surface area contributed by atoms with E-state index in [0.29, 0.717) is 0 Å². The summed E-state index contributed by atoms with van der Waals surface area (Å²) >= 11 is 1.67. The second-order valence-electron chi connectivity index (χ2n) is 12.5. The minimum atomic E-state index is 0.0894. The van der Waals surface area contributed by atoms with Crippen molar-refractivity contribution < 1.29 is 0 Å². The largest absolute Gasteiger partial charge is 0.307 e. The van der Waals surface area contributed by atoms with Gasteiger partial charge >= 0.3 is 0 Å². The van der Waals surface area contributed by atoms with E-state index in [-0.39, 0.29) is 5.43 Å². The number of nitrogens with zero attached hydrogens (tertiary/aromatic N) is 2. The van der Waals surface area contributed by atoms with Crippen LogP contribution >= 0.6 is 11.3 Å². The second kappa shape index (κ2) is 10.3. The van der Waals surface area contributed by atoms with Crippen molar-refractivity contribution in [2.45, 2.75) is 6.92 Å². The van der Waals surface area contributed by atoms with Crippen LogP contribution in [0.2, 0.25) is 0 Å². The standard InChI is InChI=1S/C44H28N2OS/c1-27-11-9-18-33-35-23-22-34-32-16-5-7-19-38(32)45(30-13-3-2-4-14-30)42(34)43(35)46(41(27)33)31-15-10-12-28(25-31)29-21-24-40-37(26-29)44(47)36-17-6-8-20-39(36)48-40/h2-26H,1H3. The topological polar surface area (TPSA) is 26.9 Å². The molecule has 0 saturated heterocycles. The highest BCUT2D eigenvalue weighted by atomic mass is 32.1. The smallest absolute Gasteiger partial charge is 0.195 e. The lowest BCUT2D eigenvalue weighted by Gasteiger charge is -2.14. The van der Waals surface area contributed by atoms with Crippen LogP contribution in [0.15, 0.2) is 156 Å². The van der Waals surface area contributed by atoms with E-state index in [1.54, 1.807) is 11.3 Å². The van der Waals surface area contributed by atoms with Crippen LogP contribution in [0.5, 0.6) is 0 Å². The summed E-state index contributed by atoms with van der Waals surface area (Å²) in [6.45, 7) is 2.20. The van der Waals surface area contributed by atoms with Crippen molar-refractivity contribution >= 4 is 75.1 Å². The van der Waals surface area contributed by atoms with Crippen molar-refractivity contribution in [3.63, 3.8) is 0 Å². The fourth-order valence-corrected chi connectivity index (χ4v) is 8.73. The Balaban J connectivity index is 1.30. The van der Waals surface area contributed by atoms with Gasteiger partial charge in [0.2, 0.25) is 0 Å². The molecular weight excluding hydrogens is 605 g/mol. The van der Waals surface area contributed by atoms with Gasteiger partial charge in [-0.2, -0.15) is 0 Å². The molecule has 3 nitrogen and oxygen atoms in total. The molecule has 0 radical (unpaired) electrons. The number of para-hydroxylation sites is 3. The Morgan fingerprint density at radius 3 is 1.94 bits per heavy atom. The lowest BCUT2D eigenvalue weighted by Crippen LogP contribution is -2.01. The molecule has 0 unspecified atom stereocenters. The van der Waals surface area contributed by atoms with E-state index in [9.17, 15) is 4.79 Å². The summed E-state index contributed by atoms with van der Waals surface area (Å²) in [5.74, 6) is 0. The van der Waals surface area contributed by atoms with Gasteiger partial charge < -0.3 is 9.13 Å². The molecule has 10 rings (SSSR count). The van der Waals surface area contributed by atoms with Crippen molar-refractivity contribution in [3.05, 3.63) is 167 Å². The molecule has 0 bridgehead atoms. The third-order valence-electron chi connectivity index (χ3n) is 9.81. The highest BCUT2D eigenvalue weighted by Crippen LogP contribution is 2.42. The van der Waals surface area contributed by atoms with Crippen LogP contribution < -0.4 is 5.43 Å². The summed E-state index contributed by atoms with van der Waals surface area (Å²) in [4.78, 5) is 13.6. The van der Waals surface area contributed by atoms with Crippen LogP contribution in [-0.2, 0) is 0 Å². The summed E-state index contributed by atoms with van der Waals surface area (Å²) in [6.07, 6.45) is 0. The molecule has 0 atom stereocenters. The monoisotopic (exact) mass is 632 g/mol. The fraction of sp³-hybridized carbons (Fsp3) is 0.0227. The second-order valence-corrected chi connectivity index (χ2v) is 13.6. The quantitative estimate of drug-likeness (QED) is 0.178. The van der Waals surface area contributed by atoms with Gasteiger partial charge in [0.1, 0.15) is 0 Å². The SMILES string of the molecule is Cc1cccc2c3ccc4c5ccccc5n(-c5ccccc5)c4c3n(-c3cccc(-c4ccc5sc6ccccc6c(=O)c5c4)c3)c12. The maximum atomic E-state index is 13.6. The van der Waals surface area contributed by atoms with Crippen LogP contribution in [0.3, 0.4) is 0 Å². The number of hydrogen-bond donors (Lipinski definition) is 0. The van der Waals surface area contributed by atoms with Gasteiger partial charge in [0.25, 0.3) is 0 Å².